The van der Waals surface area contributed by atoms with E-state index in [0.717, 1.165) is 35.8 Å². The molecule has 3 rings (SSSR count). The number of methoxy groups -OCH3 is 1. The zero-order chi connectivity index (χ0) is 21.0. The zero-order valence-corrected chi connectivity index (χ0v) is 17.5. The van der Waals surface area contributed by atoms with Crippen molar-refractivity contribution < 1.29 is 9.47 Å². The highest BCUT2D eigenvalue weighted by molar-refractivity contribution is 5.79. The third-order valence-corrected chi connectivity index (χ3v) is 4.58. The minimum absolute atomic E-state index is 0.499. The topological polar surface area (TPSA) is 67.8 Å². The van der Waals surface area contributed by atoms with Gasteiger partial charge in [0.25, 0.3) is 0 Å². The third kappa shape index (κ3) is 6.81. The average molecular weight is 405 g/mol. The molecule has 2 aromatic carbocycles. The number of aromatic nitrogens is 1. The second kappa shape index (κ2) is 11.5. The largest absolute Gasteiger partial charge is 0.497 e. The van der Waals surface area contributed by atoms with Crippen LogP contribution in [0.1, 0.15) is 16.7 Å². The number of benzene rings is 2. The normalized spacial score (nSPS) is 11.1. The number of nitrogens with one attached hydrogen (secondary N) is 2. The van der Waals surface area contributed by atoms with Crippen molar-refractivity contribution in [1.82, 2.24) is 15.6 Å². The van der Waals surface area contributed by atoms with Crippen molar-refractivity contribution in [3.05, 3.63) is 89.6 Å². The summed E-state index contributed by atoms with van der Waals surface area (Å²) in [6, 6.07) is 22.1. The first-order chi connectivity index (χ1) is 14.8. The fourth-order valence-electron chi connectivity index (χ4n) is 2.89. The minimum Gasteiger partial charge on any atom is -0.497 e. The number of ether oxygens (including phenoxy) is 2. The van der Waals surface area contributed by atoms with Crippen molar-refractivity contribution in [3.8, 4) is 11.6 Å². The molecule has 1 heterocycles. The summed E-state index contributed by atoms with van der Waals surface area (Å²) in [6.07, 6.45) is 2.66. The van der Waals surface area contributed by atoms with Gasteiger partial charge in [-0.15, -0.1) is 0 Å². The molecule has 0 bridgehead atoms. The fraction of sp³-hybridized carbons (Fsp3) is 0.250. The first-order valence-corrected chi connectivity index (χ1v) is 9.96. The molecule has 30 heavy (non-hydrogen) atoms. The van der Waals surface area contributed by atoms with Gasteiger partial charge in [-0.1, -0.05) is 42.5 Å². The molecular formula is C24H28N4O2. The van der Waals surface area contributed by atoms with Crippen LogP contribution in [0.15, 0.2) is 77.9 Å². The van der Waals surface area contributed by atoms with Gasteiger partial charge in [0.1, 0.15) is 12.4 Å². The predicted octanol–water partition coefficient (Wildman–Crippen LogP) is 3.58. The highest BCUT2D eigenvalue weighted by Crippen LogP contribution is 2.12. The number of guanidine groups is 1. The molecule has 0 saturated carbocycles. The highest BCUT2D eigenvalue weighted by Gasteiger charge is 2.02. The van der Waals surface area contributed by atoms with Crippen LogP contribution in [0.25, 0.3) is 0 Å². The van der Waals surface area contributed by atoms with Gasteiger partial charge in [-0.05, 0) is 41.3 Å². The van der Waals surface area contributed by atoms with E-state index in [-0.39, 0.29) is 0 Å². The first-order valence-electron chi connectivity index (χ1n) is 9.96. The summed E-state index contributed by atoms with van der Waals surface area (Å²) in [5.41, 5.74) is 3.43. The molecule has 0 fully saturated rings. The van der Waals surface area contributed by atoms with Crippen LogP contribution in [-0.2, 0) is 19.6 Å². The minimum atomic E-state index is 0.499. The van der Waals surface area contributed by atoms with E-state index in [0.29, 0.717) is 19.0 Å². The molecule has 0 amide bonds. The van der Waals surface area contributed by atoms with Crippen LogP contribution >= 0.6 is 0 Å². The molecule has 6 heteroatoms. The van der Waals surface area contributed by atoms with E-state index >= 15 is 0 Å². The van der Waals surface area contributed by atoms with Gasteiger partial charge in [-0.2, -0.15) is 0 Å². The van der Waals surface area contributed by atoms with E-state index in [2.05, 4.69) is 32.7 Å². The molecule has 0 spiro atoms. The monoisotopic (exact) mass is 404 g/mol. The van der Waals surface area contributed by atoms with Crippen molar-refractivity contribution in [2.24, 2.45) is 4.99 Å². The van der Waals surface area contributed by atoms with Gasteiger partial charge in [0.15, 0.2) is 5.96 Å². The Balaban J connectivity index is 1.43. The Morgan fingerprint density at radius 1 is 0.933 bits per heavy atom. The van der Waals surface area contributed by atoms with Gasteiger partial charge in [-0.3, -0.25) is 4.99 Å². The SMILES string of the molecule is CN=C(NCCc1ccc(OC)cc1)NCc1ccnc(OCc2ccccc2)c1. The summed E-state index contributed by atoms with van der Waals surface area (Å²) >= 11 is 0. The van der Waals surface area contributed by atoms with Crippen molar-refractivity contribution in [3.63, 3.8) is 0 Å². The summed E-state index contributed by atoms with van der Waals surface area (Å²) in [7, 11) is 3.44. The third-order valence-electron chi connectivity index (χ3n) is 4.58. The maximum atomic E-state index is 5.80. The molecule has 6 nitrogen and oxygen atoms in total. The van der Waals surface area contributed by atoms with Crippen molar-refractivity contribution in [1.29, 1.82) is 0 Å². The smallest absolute Gasteiger partial charge is 0.213 e. The van der Waals surface area contributed by atoms with E-state index in [1.165, 1.54) is 5.56 Å². The molecular weight excluding hydrogens is 376 g/mol. The van der Waals surface area contributed by atoms with Crippen LogP contribution in [0.2, 0.25) is 0 Å². The molecule has 0 aliphatic carbocycles. The van der Waals surface area contributed by atoms with E-state index < -0.39 is 0 Å². The van der Waals surface area contributed by atoms with E-state index in [9.17, 15) is 0 Å². The van der Waals surface area contributed by atoms with Crippen molar-refractivity contribution in [2.75, 3.05) is 20.7 Å². The molecule has 0 aliphatic heterocycles. The molecule has 1 aromatic heterocycles. The molecule has 0 unspecified atom stereocenters. The van der Waals surface area contributed by atoms with Crippen LogP contribution in [0.3, 0.4) is 0 Å². The number of nitrogens with zero attached hydrogens (tertiary/aromatic N) is 2. The van der Waals surface area contributed by atoms with Gasteiger partial charge in [0.05, 0.1) is 7.11 Å². The van der Waals surface area contributed by atoms with Crippen LogP contribution in [0.4, 0.5) is 0 Å². The summed E-state index contributed by atoms with van der Waals surface area (Å²) in [5.74, 6) is 2.24. The summed E-state index contributed by atoms with van der Waals surface area (Å²) < 4.78 is 11.0. The predicted molar refractivity (Wildman–Crippen MR) is 120 cm³/mol. The van der Waals surface area contributed by atoms with Crippen LogP contribution in [0, 0.1) is 0 Å². The van der Waals surface area contributed by atoms with Gasteiger partial charge >= 0.3 is 0 Å². The zero-order valence-electron chi connectivity index (χ0n) is 17.5. The molecule has 0 radical (unpaired) electrons. The number of pyridine rings is 1. The Morgan fingerprint density at radius 2 is 1.73 bits per heavy atom. The highest BCUT2D eigenvalue weighted by atomic mass is 16.5. The van der Waals surface area contributed by atoms with Gasteiger partial charge in [0, 0.05) is 32.4 Å². The number of hydrogen-bond acceptors (Lipinski definition) is 4. The Labute approximate surface area is 178 Å². The van der Waals surface area contributed by atoms with Crippen molar-refractivity contribution in [2.45, 2.75) is 19.6 Å². The summed E-state index contributed by atoms with van der Waals surface area (Å²) in [5, 5.41) is 6.67. The lowest BCUT2D eigenvalue weighted by atomic mass is 10.1. The molecule has 0 aliphatic rings. The van der Waals surface area contributed by atoms with E-state index in [1.54, 1.807) is 20.4 Å². The lowest BCUT2D eigenvalue weighted by Crippen LogP contribution is -2.37. The molecule has 0 atom stereocenters. The van der Waals surface area contributed by atoms with E-state index in [1.807, 2.05) is 54.6 Å². The molecule has 3 aromatic rings. The molecule has 0 saturated heterocycles. The standard InChI is InChI=1S/C24H28N4O2/c1-25-24(27-15-12-19-8-10-22(29-2)11-9-19)28-17-21-13-14-26-23(16-21)30-18-20-6-4-3-5-7-20/h3-11,13-14,16H,12,15,17-18H2,1-2H3,(H2,25,27,28). The second-order valence-electron chi connectivity index (χ2n) is 6.73. The maximum Gasteiger partial charge on any atom is 0.213 e. The summed E-state index contributed by atoms with van der Waals surface area (Å²) in [6.45, 7) is 1.92. The van der Waals surface area contributed by atoms with Gasteiger partial charge < -0.3 is 20.1 Å². The van der Waals surface area contributed by atoms with Gasteiger partial charge in [0.2, 0.25) is 5.88 Å². The lowest BCUT2D eigenvalue weighted by Gasteiger charge is -2.13. The van der Waals surface area contributed by atoms with Crippen LogP contribution < -0.4 is 20.1 Å². The van der Waals surface area contributed by atoms with Crippen LogP contribution in [0.5, 0.6) is 11.6 Å². The Kier molecular flexibility index (Phi) is 8.09. The Morgan fingerprint density at radius 3 is 2.47 bits per heavy atom. The second-order valence-corrected chi connectivity index (χ2v) is 6.73. The summed E-state index contributed by atoms with van der Waals surface area (Å²) in [4.78, 5) is 8.58. The first kappa shape index (κ1) is 21.2. The quantitative estimate of drug-likeness (QED) is 0.422. The number of rotatable bonds is 9. The van der Waals surface area contributed by atoms with E-state index in [4.69, 9.17) is 9.47 Å². The number of hydrogen-bond donors (Lipinski definition) is 2. The molecule has 2 N–H and O–H groups in total. The van der Waals surface area contributed by atoms with Gasteiger partial charge in [-0.25, -0.2) is 4.98 Å². The van der Waals surface area contributed by atoms with Crippen LogP contribution in [-0.4, -0.2) is 31.6 Å². The lowest BCUT2D eigenvalue weighted by molar-refractivity contribution is 0.293. The molecule has 156 valence electrons. The number of aliphatic imine (C=N–C) groups is 1. The Hall–Kier alpha value is -3.54. The maximum absolute atomic E-state index is 5.80. The fourth-order valence-corrected chi connectivity index (χ4v) is 2.89. The Bertz CT molecular complexity index is 927. The van der Waals surface area contributed by atoms with Crippen molar-refractivity contribution >= 4 is 5.96 Å². The average Bonchev–Trinajstić information content (AvgIpc) is 2.81.